The molecule has 0 saturated heterocycles. The number of hydrogen-bond acceptors (Lipinski definition) is 5. The highest BCUT2D eigenvalue weighted by Crippen LogP contribution is 2.30. The van der Waals surface area contributed by atoms with E-state index in [9.17, 15) is 13.2 Å². The van der Waals surface area contributed by atoms with Gasteiger partial charge in [-0.3, -0.25) is 9.10 Å². The van der Waals surface area contributed by atoms with Crippen LogP contribution in [0.5, 0.6) is 11.5 Å². The Kier molecular flexibility index (Phi) is 7.95. The van der Waals surface area contributed by atoms with Gasteiger partial charge in [0.2, 0.25) is 15.9 Å². The van der Waals surface area contributed by atoms with Gasteiger partial charge in [0.25, 0.3) is 0 Å². The Morgan fingerprint density at radius 3 is 2.19 bits per heavy atom. The van der Waals surface area contributed by atoms with Gasteiger partial charge in [0, 0.05) is 0 Å². The molecule has 2 rings (SSSR count). The van der Waals surface area contributed by atoms with Crippen LogP contribution in [-0.4, -0.2) is 40.8 Å². The first-order valence-electron chi connectivity index (χ1n) is 10.1. The maximum atomic E-state index is 13.2. The number of benzene rings is 2. The number of nitrogens with one attached hydrogen (secondary N) is 1. The molecule has 0 aliphatic carbocycles. The van der Waals surface area contributed by atoms with Crippen molar-refractivity contribution >= 4 is 21.6 Å². The molecule has 1 N–H and O–H groups in total. The third-order valence-electron chi connectivity index (χ3n) is 5.34. The van der Waals surface area contributed by atoms with Crippen molar-refractivity contribution in [2.45, 2.75) is 46.2 Å². The van der Waals surface area contributed by atoms with Crippen molar-refractivity contribution < 1.29 is 22.7 Å². The normalized spacial score (nSPS) is 13.3. The molecule has 2 unspecified atom stereocenters. The molecular formula is C23H32N2O5S. The quantitative estimate of drug-likeness (QED) is 0.632. The zero-order valence-electron chi connectivity index (χ0n) is 19.2. The second-order valence-corrected chi connectivity index (χ2v) is 9.46. The second-order valence-electron chi connectivity index (χ2n) is 7.60. The van der Waals surface area contributed by atoms with Crippen molar-refractivity contribution in [3.8, 4) is 11.5 Å². The van der Waals surface area contributed by atoms with Gasteiger partial charge in [-0.15, -0.1) is 0 Å². The van der Waals surface area contributed by atoms with Crippen LogP contribution in [0.4, 0.5) is 5.69 Å². The van der Waals surface area contributed by atoms with Crippen molar-refractivity contribution in [1.29, 1.82) is 0 Å². The van der Waals surface area contributed by atoms with Gasteiger partial charge in [-0.25, -0.2) is 8.42 Å². The molecule has 0 spiro atoms. The molecular weight excluding hydrogens is 416 g/mol. The summed E-state index contributed by atoms with van der Waals surface area (Å²) in [7, 11) is -0.584. The Hall–Kier alpha value is -2.74. The number of nitrogens with zero attached hydrogens (tertiary/aromatic N) is 1. The van der Waals surface area contributed by atoms with Gasteiger partial charge in [0.15, 0.2) is 11.5 Å². The van der Waals surface area contributed by atoms with E-state index in [1.165, 1.54) is 4.31 Å². The van der Waals surface area contributed by atoms with Crippen molar-refractivity contribution in [2.24, 2.45) is 0 Å². The van der Waals surface area contributed by atoms with Gasteiger partial charge in [-0.1, -0.05) is 19.1 Å². The zero-order chi connectivity index (χ0) is 23.3. The van der Waals surface area contributed by atoms with E-state index in [2.05, 4.69) is 5.32 Å². The molecule has 8 heteroatoms. The van der Waals surface area contributed by atoms with Gasteiger partial charge in [-0.2, -0.15) is 0 Å². The molecule has 170 valence electrons. The predicted octanol–water partition coefficient (Wildman–Crippen LogP) is 3.74. The van der Waals surface area contributed by atoms with Crippen LogP contribution in [0.25, 0.3) is 0 Å². The minimum Gasteiger partial charge on any atom is -0.493 e. The maximum Gasteiger partial charge on any atom is 0.244 e. The first kappa shape index (κ1) is 24.5. The zero-order valence-corrected chi connectivity index (χ0v) is 20.0. The third-order valence-corrected chi connectivity index (χ3v) is 6.52. The summed E-state index contributed by atoms with van der Waals surface area (Å²) in [6, 6.07) is 9.56. The van der Waals surface area contributed by atoms with Gasteiger partial charge in [0.1, 0.15) is 6.04 Å². The molecule has 7 nitrogen and oxygen atoms in total. The summed E-state index contributed by atoms with van der Waals surface area (Å²) in [5, 5.41) is 2.94. The number of rotatable bonds is 9. The molecule has 2 atom stereocenters. The van der Waals surface area contributed by atoms with Crippen molar-refractivity contribution in [1.82, 2.24) is 5.32 Å². The van der Waals surface area contributed by atoms with Gasteiger partial charge in [-0.05, 0) is 68.1 Å². The molecule has 0 saturated carbocycles. The number of hydrogen-bond donors (Lipinski definition) is 1. The molecule has 0 heterocycles. The Labute approximate surface area is 185 Å². The molecule has 0 aromatic heterocycles. The lowest BCUT2D eigenvalue weighted by atomic mass is 10.1. The van der Waals surface area contributed by atoms with E-state index in [0.29, 0.717) is 23.6 Å². The number of carbonyl (C=O) groups is 1. The Balaban J connectivity index is 2.34. The SMILES string of the molecule is CCC(C(=O)NC(C)c1ccc(OC)c(OC)c1)N(c1ccc(C)c(C)c1)S(C)(=O)=O. The van der Waals surface area contributed by atoms with Gasteiger partial charge in [0.05, 0.1) is 32.2 Å². The minimum absolute atomic E-state index is 0.324. The number of methoxy groups -OCH3 is 2. The highest BCUT2D eigenvalue weighted by atomic mass is 32.2. The van der Waals surface area contributed by atoms with Crippen LogP contribution in [0.15, 0.2) is 36.4 Å². The molecule has 0 aliphatic rings. The summed E-state index contributed by atoms with van der Waals surface area (Å²) in [6.07, 6.45) is 1.44. The van der Waals surface area contributed by atoms with Crippen LogP contribution in [0, 0.1) is 13.8 Å². The molecule has 2 aromatic rings. The largest absolute Gasteiger partial charge is 0.493 e. The third kappa shape index (κ3) is 5.70. The van der Waals surface area contributed by atoms with E-state index >= 15 is 0 Å². The van der Waals surface area contributed by atoms with Crippen LogP contribution in [-0.2, 0) is 14.8 Å². The molecule has 0 fully saturated rings. The van der Waals surface area contributed by atoms with Crippen LogP contribution >= 0.6 is 0 Å². The van der Waals surface area contributed by atoms with E-state index in [0.717, 1.165) is 22.9 Å². The topological polar surface area (TPSA) is 84.9 Å². The molecule has 1 amide bonds. The molecule has 31 heavy (non-hydrogen) atoms. The van der Waals surface area contributed by atoms with Crippen molar-refractivity contribution in [2.75, 3.05) is 24.8 Å². The fraction of sp³-hybridized carbons (Fsp3) is 0.435. The van der Waals surface area contributed by atoms with Gasteiger partial charge < -0.3 is 14.8 Å². The molecule has 0 aliphatic heterocycles. The fourth-order valence-corrected chi connectivity index (χ4v) is 4.64. The monoisotopic (exact) mass is 448 g/mol. The van der Waals surface area contributed by atoms with Crippen molar-refractivity contribution in [3.05, 3.63) is 53.1 Å². The Bertz CT molecular complexity index is 1040. The summed E-state index contributed by atoms with van der Waals surface area (Å²) in [5.74, 6) is 0.781. The van der Waals surface area contributed by atoms with E-state index in [1.54, 1.807) is 45.4 Å². The lowest BCUT2D eigenvalue weighted by molar-refractivity contribution is -0.122. The fourth-order valence-electron chi connectivity index (χ4n) is 3.44. The highest BCUT2D eigenvalue weighted by Gasteiger charge is 2.32. The summed E-state index contributed by atoms with van der Waals surface area (Å²) < 4.78 is 37.1. The number of sulfonamides is 1. The first-order valence-corrected chi connectivity index (χ1v) is 12.0. The second kappa shape index (κ2) is 10.0. The Morgan fingerprint density at radius 2 is 1.68 bits per heavy atom. The van der Waals surface area contributed by atoms with E-state index in [1.807, 2.05) is 32.9 Å². The summed E-state index contributed by atoms with van der Waals surface area (Å²) >= 11 is 0. The standard InChI is InChI=1S/C23H32N2O5S/c1-8-20(25(31(7,27)28)19-11-9-15(2)16(3)13-19)23(26)24-17(4)18-10-12-21(29-5)22(14-18)30-6/h9-14,17,20H,8H2,1-7H3,(H,24,26). The molecule has 0 radical (unpaired) electrons. The highest BCUT2D eigenvalue weighted by molar-refractivity contribution is 7.92. The summed E-state index contributed by atoms with van der Waals surface area (Å²) in [5.41, 5.74) is 3.31. The smallest absolute Gasteiger partial charge is 0.244 e. The van der Waals surface area contributed by atoms with Crippen molar-refractivity contribution in [3.63, 3.8) is 0 Å². The molecule has 2 aromatic carbocycles. The maximum absolute atomic E-state index is 13.2. The van der Waals surface area contributed by atoms with Crippen LogP contribution in [0.2, 0.25) is 0 Å². The lowest BCUT2D eigenvalue weighted by Gasteiger charge is -2.31. The number of anilines is 1. The minimum atomic E-state index is -3.69. The van der Waals surface area contributed by atoms with Crippen LogP contribution in [0.1, 0.15) is 43.0 Å². The first-order chi connectivity index (χ1) is 14.5. The summed E-state index contributed by atoms with van der Waals surface area (Å²) in [4.78, 5) is 13.2. The van der Waals surface area contributed by atoms with Gasteiger partial charge >= 0.3 is 0 Å². The molecule has 0 bridgehead atoms. The predicted molar refractivity (Wildman–Crippen MR) is 123 cm³/mol. The number of aryl methyl sites for hydroxylation is 2. The van der Waals surface area contributed by atoms with Crippen LogP contribution in [0.3, 0.4) is 0 Å². The average molecular weight is 449 g/mol. The Morgan fingerprint density at radius 1 is 1.03 bits per heavy atom. The van der Waals surface area contributed by atoms with E-state index < -0.39 is 16.1 Å². The van der Waals surface area contributed by atoms with Crippen LogP contribution < -0.4 is 19.1 Å². The number of amides is 1. The number of carbonyl (C=O) groups excluding carboxylic acids is 1. The lowest BCUT2D eigenvalue weighted by Crippen LogP contribution is -2.49. The van der Waals surface area contributed by atoms with E-state index in [4.69, 9.17) is 9.47 Å². The van der Waals surface area contributed by atoms with E-state index in [-0.39, 0.29) is 11.9 Å². The number of ether oxygens (including phenoxy) is 2. The average Bonchev–Trinajstić information content (AvgIpc) is 2.72. The summed E-state index contributed by atoms with van der Waals surface area (Å²) in [6.45, 7) is 7.51.